The molecule has 60 heavy (non-hydrogen) atoms. The lowest BCUT2D eigenvalue weighted by molar-refractivity contribution is 0.403. The summed E-state index contributed by atoms with van der Waals surface area (Å²) >= 11 is 0. The van der Waals surface area contributed by atoms with Crippen molar-refractivity contribution >= 4 is 96.8 Å². The highest BCUT2D eigenvalue weighted by Crippen LogP contribution is 2.44. The van der Waals surface area contributed by atoms with Gasteiger partial charge in [-0.3, -0.25) is 0 Å². The molecule has 2 aromatic heterocycles. The Kier molecular flexibility index (Phi) is 8.26. The minimum Gasteiger partial charge on any atom is -0.509 e. The van der Waals surface area contributed by atoms with Gasteiger partial charge in [-0.15, -0.1) is 0 Å². The molecule has 10 rings (SSSR count). The van der Waals surface area contributed by atoms with E-state index in [0.29, 0.717) is 27.7 Å². The summed E-state index contributed by atoms with van der Waals surface area (Å²) < 4.78 is 4.40. The number of rotatable bonds is 5. The van der Waals surface area contributed by atoms with Crippen LogP contribution in [-0.4, -0.2) is 71.2 Å². The molecular formula is C48H36B4N2O6. The topological polar surface area (TPSA) is 131 Å². The molecule has 0 amide bonds. The van der Waals surface area contributed by atoms with Crippen LogP contribution in [0.4, 0.5) is 0 Å². The Morgan fingerprint density at radius 2 is 0.700 bits per heavy atom. The van der Waals surface area contributed by atoms with Crippen molar-refractivity contribution in [3.63, 3.8) is 0 Å². The first kappa shape index (κ1) is 36.7. The van der Waals surface area contributed by atoms with Crippen molar-refractivity contribution < 1.29 is 30.6 Å². The van der Waals surface area contributed by atoms with E-state index >= 15 is 0 Å². The summed E-state index contributed by atoms with van der Waals surface area (Å²) in [4.78, 5) is 0. The van der Waals surface area contributed by atoms with Gasteiger partial charge in [0.25, 0.3) is 0 Å². The first-order valence-corrected chi connectivity index (χ1v) is 19.7. The second kappa shape index (κ2) is 13.5. The van der Waals surface area contributed by atoms with Crippen molar-refractivity contribution in [2.45, 2.75) is 0 Å². The lowest BCUT2D eigenvalue weighted by Crippen LogP contribution is -2.19. The first-order valence-electron chi connectivity index (χ1n) is 19.7. The van der Waals surface area contributed by atoms with E-state index < -0.39 is 23.0 Å². The Morgan fingerprint density at radius 1 is 0.300 bits per heavy atom. The van der Waals surface area contributed by atoms with Crippen molar-refractivity contribution in [2.24, 2.45) is 0 Å². The van der Waals surface area contributed by atoms with E-state index in [1.807, 2.05) is 36.4 Å². The molecule has 2 heterocycles. The Hall–Kier alpha value is -7.58. The summed E-state index contributed by atoms with van der Waals surface area (Å²) in [5, 5.41) is 71.1. The molecule has 12 heteroatoms. The molecule has 0 unspecified atom stereocenters. The summed E-state index contributed by atoms with van der Waals surface area (Å²) in [5.41, 5.74) is 10.1. The maximum absolute atomic E-state index is 11.4. The summed E-state index contributed by atoms with van der Waals surface area (Å²) in [6.07, 6.45) is 0. The van der Waals surface area contributed by atoms with Crippen LogP contribution < -0.4 is 21.9 Å². The third-order valence-corrected chi connectivity index (χ3v) is 12.2. The predicted molar refractivity (Wildman–Crippen MR) is 254 cm³/mol. The fourth-order valence-corrected chi connectivity index (χ4v) is 9.14. The minimum atomic E-state index is -0.447. The predicted octanol–water partition coefficient (Wildman–Crippen LogP) is 4.15. The Bertz CT molecular complexity index is 3310. The molecule has 8 nitrogen and oxygen atoms in total. The smallest absolute Gasteiger partial charge is 0.164 e. The summed E-state index contributed by atoms with van der Waals surface area (Å²) in [6.45, 7) is 0. The highest BCUT2D eigenvalue weighted by atomic mass is 16.3. The van der Waals surface area contributed by atoms with Crippen LogP contribution in [0.3, 0.4) is 0 Å². The molecule has 6 N–H and O–H groups in total. The molecular weight excluding hydrogens is 744 g/mol. The number of phenolic OH excluding ortho intramolecular Hbond substituents is 6. The zero-order valence-electron chi connectivity index (χ0n) is 33.3. The summed E-state index contributed by atoms with van der Waals surface area (Å²) in [5.74, 6) is -2.03. The number of hydrogen-bond acceptors (Lipinski definition) is 6. The lowest BCUT2D eigenvalue weighted by atomic mass is 9.77. The van der Waals surface area contributed by atoms with Gasteiger partial charge in [-0.2, -0.15) is 0 Å². The van der Waals surface area contributed by atoms with Crippen LogP contribution >= 0.6 is 0 Å². The quantitative estimate of drug-likeness (QED) is 0.0886. The Labute approximate surface area is 348 Å². The molecule has 0 radical (unpaired) electrons. The van der Waals surface area contributed by atoms with E-state index in [1.165, 1.54) is 21.1 Å². The van der Waals surface area contributed by atoms with Crippen molar-refractivity contribution in [2.75, 3.05) is 0 Å². The number of aromatic nitrogens is 2. The molecule has 0 aliphatic carbocycles. The minimum absolute atomic E-state index is 0.145. The molecule has 0 saturated heterocycles. The van der Waals surface area contributed by atoms with Gasteiger partial charge in [0, 0.05) is 44.0 Å². The van der Waals surface area contributed by atoms with E-state index in [4.69, 9.17) is 0 Å². The van der Waals surface area contributed by atoms with Crippen LogP contribution in [0.1, 0.15) is 0 Å². The lowest BCUT2D eigenvalue weighted by Gasteiger charge is -2.20. The molecule has 0 fully saturated rings. The van der Waals surface area contributed by atoms with Gasteiger partial charge in [0.2, 0.25) is 0 Å². The van der Waals surface area contributed by atoms with Crippen LogP contribution in [0.5, 0.6) is 34.5 Å². The van der Waals surface area contributed by atoms with E-state index in [-0.39, 0.29) is 33.6 Å². The van der Waals surface area contributed by atoms with Gasteiger partial charge in [0.1, 0.15) is 42.9 Å². The van der Waals surface area contributed by atoms with Crippen LogP contribution in [0, 0.1) is 0 Å². The van der Waals surface area contributed by atoms with E-state index in [0.717, 1.165) is 55.0 Å². The van der Waals surface area contributed by atoms with Gasteiger partial charge >= 0.3 is 0 Å². The maximum atomic E-state index is 11.4. The fourth-order valence-electron chi connectivity index (χ4n) is 9.14. The number of hydrogen-bond donors (Lipinski definition) is 6. The van der Waals surface area contributed by atoms with Crippen LogP contribution in [0.25, 0.3) is 88.4 Å². The van der Waals surface area contributed by atoms with Gasteiger partial charge in [-0.1, -0.05) is 66.7 Å². The average molecular weight is 780 g/mol. The molecule has 8 aromatic carbocycles. The van der Waals surface area contributed by atoms with Gasteiger partial charge in [-0.25, -0.2) is 0 Å². The molecule has 286 valence electrons. The highest BCUT2D eigenvalue weighted by molar-refractivity contribution is 6.46. The normalized spacial score (nSPS) is 11.7. The monoisotopic (exact) mass is 780 g/mol. The molecule has 10 aromatic rings. The number of aromatic hydroxyl groups is 6. The molecule has 0 atom stereocenters. The molecule has 0 aliphatic rings. The standard InChI is InChI=1S/C48H36B4N2O6/c49-39-37(43(55)47(59)41(51)45(39)57)25-18-26(38-40(50)46(58)42(52)48(60)44(38)56)20-28(19-25)54-34-13-7-5-11-30(34)32-22-24(15-17-36(32)54)23-14-16-35-31(21-23)29-10-4-6-12-33(29)53(35)27-8-2-1-3-9-27/h1-22,55-60H,49-52H2. The summed E-state index contributed by atoms with van der Waals surface area (Å²) in [6, 6.07) is 45.4. The second-order valence-corrected chi connectivity index (χ2v) is 15.6. The van der Waals surface area contributed by atoms with Gasteiger partial charge in [-0.05, 0) is 111 Å². The zero-order chi connectivity index (χ0) is 41.7. The van der Waals surface area contributed by atoms with Crippen molar-refractivity contribution in [1.29, 1.82) is 0 Å². The summed E-state index contributed by atoms with van der Waals surface area (Å²) in [7, 11) is 6.37. The van der Waals surface area contributed by atoms with Crippen LogP contribution in [0.2, 0.25) is 0 Å². The van der Waals surface area contributed by atoms with Crippen molar-refractivity contribution in [1.82, 2.24) is 9.13 Å². The first-order chi connectivity index (χ1) is 28.9. The molecule has 0 spiro atoms. The second-order valence-electron chi connectivity index (χ2n) is 15.6. The van der Waals surface area contributed by atoms with Crippen molar-refractivity contribution in [3.8, 4) is 79.3 Å². The van der Waals surface area contributed by atoms with Gasteiger partial charge in [0.15, 0.2) is 23.0 Å². The molecule has 0 saturated carbocycles. The zero-order valence-corrected chi connectivity index (χ0v) is 33.3. The number of benzene rings is 8. The van der Waals surface area contributed by atoms with Crippen molar-refractivity contribution in [3.05, 3.63) is 133 Å². The maximum Gasteiger partial charge on any atom is 0.164 e. The Balaban J connectivity index is 1.22. The largest absolute Gasteiger partial charge is 0.509 e. The Morgan fingerprint density at radius 3 is 1.17 bits per heavy atom. The number of phenols is 6. The number of fused-ring (bicyclic) bond motifs is 6. The average Bonchev–Trinajstić information content (AvgIpc) is 3.79. The van der Waals surface area contributed by atoms with Crippen LogP contribution in [-0.2, 0) is 0 Å². The van der Waals surface area contributed by atoms with Gasteiger partial charge in [0.05, 0.1) is 22.1 Å². The van der Waals surface area contributed by atoms with E-state index in [1.54, 1.807) is 21.8 Å². The number of nitrogens with zero attached hydrogens (tertiary/aromatic N) is 2. The SMILES string of the molecule is Bc1c(O)c(B)c(-c2cc(-c3c(B)c(O)c(B)c(O)c3O)cc(-n3c4ccccc4c4cc(-c5ccc6c(c5)c5ccccc5n6-c5ccccc5)ccc43)c2)c(O)c1O. The molecule has 0 aliphatic heterocycles. The van der Waals surface area contributed by atoms with Crippen LogP contribution in [0.15, 0.2) is 133 Å². The van der Waals surface area contributed by atoms with Gasteiger partial charge < -0.3 is 39.8 Å². The fraction of sp³-hybridized carbons (Fsp3) is 0. The third-order valence-electron chi connectivity index (χ3n) is 12.2. The third kappa shape index (κ3) is 5.30. The van der Waals surface area contributed by atoms with E-state index in [2.05, 4.69) is 100 Å². The highest BCUT2D eigenvalue weighted by Gasteiger charge is 2.25. The number of para-hydroxylation sites is 3. The van der Waals surface area contributed by atoms with E-state index in [9.17, 15) is 30.6 Å². The molecule has 0 bridgehead atoms.